The number of amides is 1. The average molecular weight is 475 g/mol. The third-order valence-electron chi connectivity index (χ3n) is 6.38. The molecule has 1 aromatic heterocycles. The van der Waals surface area contributed by atoms with Crippen LogP contribution in [0.25, 0.3) is 0 Å². The summed E-state index contributed by atoms with van der Waals surface area (Å²) in [5.74, 6) is 2.34. The second kappa shape index (κ2) is 13.5. The van der Waals surface area contributed by atoms with Gasteiger partial charge in [0.2, 0.25) is 11.9 Å². The molecule has 0 spiro atoms. The monoisotopic (exact) mass is 474 g/mol. The number of carbonyl (C=O) groups is 1. The molecule has 0 radical (unpaired) electrons. The average Bonchev–Trinajstić information content (AvgIpc) is 3.38. The molecule has 1 fully saturated rings. The van der Waals surface area contributed by atoms with Gasteiger partial charge in [-0.1, -0.05) is 63.6 Å². The van der Waals surface area contributed by atoms with E-state index in [1.165, 1.54) is 38.5 Å². The van der Waals surface area contributed by atoms with E-state index in [1.807, 2.05) is 61.5 Å². The van der Waals surface area contributed by atoms with Gasteiger partial charge in [0.15, 0.2) is 0 Å². The Hall–Kier alpha value is -3.41. The molecule has 0 bridgehead atoms. The number of rotatable bonds is 8. The van der Waals surface area contributed by atoms with Crippen molar-refractivity contribution in [1.82, 2.24) is 9.97 Å². The van der Waals surface area contributed by atoms with Crippen molar-refractivity contribution in [1.29, 1.82) is 0 Å². The fraction of sp³-hybridized carbons (Fsp3) is 0.414. The van der Waals surface area contributed by atoms with Crippen LogP contribution in [0.5, 0.6) is 5.75 Å². The van der Waals surface area contributed by atoms with E-state index >= 15 is 0 Å². The van der Waals surface area contributed by atoms with Crippen molar-refractivity contribution in [2.24, 2.45) is 5.92 Å². The third-order valence-corrected chi connectivity index (χ3v) is 6.38. The standard InChI is InChI=1S/C21H22N4O2.C8H16/c1-15-17(13-22-21(23-15)24-18-7-5-4-6-8-18)14-25(16(2)26)19-9-11-20(27-3)12-10-19;1-2-5-8-6-3-4-7-8/h4-13H,14H2,1-3H3,(H,22,23,24);8H,2-7H2,1H3. The summed E-state index contributed by atoms with van der Waals surface area (Å²) in [4.78, 5) is 22.8. The van der Waals surface area contributed by atoms with Crippen molar-refractivity contribution >= 4 is 23.2 Å². The van der Waals surface area contributed by atoms with Crippen LogP contribution in [0, 0.1) is 12.8 Å². The van der Waals surface area contributed by atoms with Gasteiger partial charge in [0.1, 0.15) is 5.75 Å². The van der Waals surface area contributed by atoms with Crippen LogP contribution in [-0.2, 0) is 11.3 Å². The largest absolute Gasteiger partial charge is 0.497 e. The smallest absolute Gasteiger partial charge is 0.227 e. The number of hydrogen-bond donors (Lipinski definition) is 1. The Morgan fingerprint density at radius 1 is 1.09 bits per heavy atom. The molecule has 1 aliphatic rings. The van der Waals surface area contributed by atoms with Gasteiger partial charge < -0.3 is 15.0 Å². The van der Waals surface area contributed by atoms with Crippen LogP contribution in [0.15, 0.2) is 60.8 Å². The molecule has 1 amide bonds. The van der Waals surface area contributed by atoms with E-state index in [4.69, 9.17) is 4.74 Å². The quantitative estimate of drug-likeness (QED) is 0.378. The fourth-order valence-corrected chi connectivity index (χ4v) is 4.38. The van der Waals surface area contributed by atoms with Crippen LogP contribution < -0.4 is 15.0 Å². The van der Waals surface area contributed by atoms with Crippen LogP contribution in [0.2, 0.25) is 0 Å². The Balaban J connectivity index is 0.000000363. The SMILES string of the molecule is CCCC1CCCC1.COc1ccc(N(Cc2cnc(Nc3ccccc3)nc2C)C(C)=O)cc1. The maximum Gasteiger partial charge on any atom is 0.227 e. The molecule has 1 aliphatic carbocycles. The van der Waals surface area contributed by atoms with Crippen LogP contribution in [-0.4, -0.2) is 23.0 Å². The molecule has 2 aromatic carbocycles. The number of benzene rings is 2. The lowest BCUT2D eigenvalue weighted by molar-refractivity contribution is -0.116. The summed E-state index contributed by atoms with van der Waals surface area (Å²) in [5, 5.41) is 3.18. The van der Waals surface area contributed by atoms with Gasteiger partial charge in [0, 0.05) is 35.8 Å². The van der Waals surface area contributed by atoms with E-state index in [9.17, 15) is 4.79 Å². The Morgan fingerprint density at radius 2 is 1.77 bits per heavy atom. The van der Waals surface area contributed by atoms with Gasteiger partial charge in [-0.05, 0) is 49.2 Å². The molecule has 0 aliphatic heterocycles. The molecule has 6 nitrogen and oxygen atoms in total. The topological polar surface area (TPSA) is 67.3 Å². The number of nitrogens with one attached hydrogen (secondary N) is 1. The molecule has 6 heteroatoms. The molecule has 1 heterocycles. The minimum absolute atomic E-state index is 0.0500. The summed E-state index contributed by atoms with van der Waals surface area (Å²) in [5.41, 5.74) is 3.44. The first kappa shape index (κ1) is 26.2. The Labute approximate surface area is 209 Å². The van der Waals surface area contributed by atoms with Crippen molar-refractivity contribution in [3.05, 3.63) is 72.1 Å². The molecule has 4 rings (SSSR count). The fourth-order valence-electron chi connectivity index (χ4n) is 4.38. The minimum Gasteiger partial charge on any atom is -0.497 e. The highest BCUT2D eigenvalue weighted by molar-refractivity contribution is 5.91. The maximum absolute atomic E-state index is 12.2. The summed E-state index contributed by atoms with van der Waals surface area (Å²) < 4.78 is 5.18. The predicted molar refractivity (Wildman–Crippen MR) is 143 cm³/mol. The van der Waals surface area contributed by atoms with E-state index in [0.29, 0.717) is 12.5 Å². The van der Waals surface area contributed by atoms with E-state index in [2.05, 4.69) is 22.2 Å². The van der Waals surface area contributed by atoms with Gasteiger partial charge in [-0.25, -0.2) is 9.97 Å². The highest BCUT2D eigenvalue weighted by atomic mass is 16.5. The first-order valence-electron chi connectivity index (χ1n) is 12.6. The molecule has 0 atom stereocenters. The molecular weight excluding hydrogens is 436 g/mol. The van der Waals surface area contributed by atoms with Gasteiger partial charge in [0.25, 0.3) is 0 Å². The number of aromatic nitrogens is 2. The van der Waals surface area contributed by atoms with Crippen LogP contribution in [0.1, 0.15) is 63.6 Å². The zero-order valence-corrected chi connectivity index (χ0v) is 21.5. The highest BCUT2D eigenvalue weighted by Crippen LogP contribution is 2.28. The van der Waals surface area contributed by atoms with Crippen LogP contribution in [0.3, 0.4) is 0 Å². The van der Waals surface area contributed by atoms with E-state index < -0.39 is 0 Å². The summed E-state index contributed by atoms with van der Waals surface area (Å²) in [6.45, 7) is 6.16. The van der Waals surface area contributed by atoms with E-state index in [-0.39, 0.29) is 5.91 Å². The summed E-state index contributed by atoms with van der Waals surface area (Å²) in [6.07, 6.45) is 10.7. The molecule has 1 N–H and O–H groups in total. The normalized spacial score (nSPS) is 13.0. The van der Waals surface area contributed by atoms with E-state index in [1.54, 1.807) is 25.1 Å². The summed E-state index contributed by atoms with van der Waals surface area (Å²) in [7, 11) is 1.61. The number of ether oxygens (including phenoxy) is 1. The van der Waals surface area contributed by atoms with Gasteiger partial charge in [0.05, 0.1) is 13.7 Å². The number of hydrogen-bond acceptors (Lipinski definition) is 5. The summed E-state index contributed by atoms with van der Waals surface area (Å²) >= 11 is 0. The maximum atomic E-state index is 12.2. The lowest BCUT2D eigenvalue weighted by Crippen LogP contribution is -2.28. The van der Waals surface area contributed by atoms with Crippen molar-refractivity contribution in [3.63, 3.8) is 0 Å². The van der Waals surface area contributed by atoms with Crippen molar-refractivity contribution < 1.29 is 9.53 Å². The minimum atomic E-state index is -0.0500. The van der Waals surface area contributed by atoms with Crippen molar-refractivity contribution in [2.75, 3.05) is 17.3 Å². The van der Waals surface area contributed by atoms with Gasteiger partial charge in [-0.15, -0.1) is 0 Å². The van der Waals surface area contributed by atoms with Crippen molar-refractivity contribution in [2.45, 2.75) is 65.8 Å². The molecule has 0 saturated heterocycles. The van der Waals surface area contributed by atoms with Crippen LogP contribution >= 0.6 is 0 Å². The zero-order valence-electron chi connectivity index (χ0n) is 21.5. The van der Waals surface area contributed by atoms with Crippen molar-refractivity contribution in [3.8, 4) is 5.75 Å². The summed E-state index contributed by atoms with van der Waals surface area (Å²) in [6, 6.07) is 17.1. The van der Waals surface area contributed by atoms with Gasteiger partial charge >= 0.3 is 0 Å². The second-order valence-corrected chi connectivity index (χ2v) is 9.04. The molecular formula is C29H38N4O2. The second-order valence-electron chi connectivity index (χ2n) is 9.04. The third kappa shape index (κ3) is 8.09. The van der Waals surface area contributed by atoms with E-state index in [0.717, 1.165) is 34.3 Å². The molecule has 1 saturated carbocycles. The number of nitrogens with zero attached hydrogens (tertiary/aromatic N) is 3. The van der Waals surface area contributed by atoms with Crippen LogP contribution in [0.4, 0.5) is 17.3 Å². The Morgan fingerprint density at radius 3 is 2.34 bits per heavy atom. The van der Waals surface area contributed by atoms with Gasteiger partial charge in [-0.2, -0.15) is 0 Å². The first-order chi connectivity index (χ1) is 17.0. The number of carbonyl (C=O) groups excluding carboxylic acids is 1. The lowest BCUT2D eigenvalue weighted by Gasteiger charge is -2.22. The first-order valence-corrected chi connectivity index (χ1v) is 12.6. The predicted octanol–water partition coefficient (Wildman–Crippen LogP) is 7.07. The zero-order chi connectivity index (χ0) is 25.0. The Kier molecular flexibility index (Phi) is 10.1. The highest BCUT2D eigenvalue weighted by Gasteiger charge is 2.15. The molecule has 0 unspecified atom stereocenters. The number of anilines is 3. The number of para-hydroxylation sites is 1. The Bertz CT molecular complexity index is 1050. The molecule has 35 heavy (non-hydrogen) atoms. The number of aryl methyl sites for hydroxylation is 1. The number of methoxy groups -OCH3 is 1. The molecule has 3 aromatic rings. The lowest BCUT2D eigenvalue weighted by atomic mass is 10.0. The van der Waals surface area contributed by atoms with Gasteiger partial charge in [-0.3, -0.25) is 4.79 Å². The molecule has 186 valence electrons.